The minimum atomic E-state index is -0.319. The van der Waals surface area contributed by atoms with Gasteiger partial charge in [-0.2, -0.15) is 0 Å². The molecule has 4 aromatic rings. The van der Waals surface area contributed by atoms with Crippen LogP contribution in [0.15, 0.2) is 75.6 Å². The van der Waals surface area contributed by atoms with Gasteiger partial charge >= 0.3 is 0 Å². The minimum absolute atomic E-state index is 0.174. The van der Waals surface area contributed by atoms with Crippen molar-refractivity contribution in [3.8, 4) is 22.6 Å². The van der Waals surface area contributed by atoms with E-state index in [1.165, 1.54) is 6.08 Å². The Kier molecular flexibility index (Phi) is 6.07. The quantitative estimate of drug-likeness (QED) is 0.213. The molecular formula is C23H12Cl4O3. The number of halogens is 4. The second-order valence-electron chi connectivity index (χ2n) is 6.28. The van der Waals surface area contributed by atoms with Crippen LogP contribution in [0.3, 0.4) is 0 Å². The van der Waals surface area contributed by atoms with Crippen LogP contribution < -0.4 is 0 Å². The van der Waals surface area contributed by atoms with E-state index in [-0.39, 0.29) is 11.5 Å². The molecule has 0 aliphatic heterocycles. The molecule has 0 unspecified atom stereocenters. The van der Waals surface area contributed by atoms with E-state index >= 15 is 0 Å². The molecule has 2 heterocycles. The monoisotopic (exact) mass is 476 g/mol. The van der Waals surface area contributed by atoms with Crippen LogP contribution in [0, 0.1) is 0 Å². The number of hydrogen-bond donors (Lipinski definition) is 0. The Bertz CT molecular complexity index is 1250. The van der Waals surface area contributed by atoms with Gasteiger partial charge in [0.1, 0.15) is 17.3 Å². The summed E-state index contributed by atoms with van der Waals surface area (Å²) in [5, 5.41) is 1.91. The molecule has 4 rings (SSSR count). The molecule has 0 spiro atoms. The van der Waals surface area contributed by atoms with Crippen molar-refractivity contribution < 1.29 is 13.6 Å². The summed E-state index contributed by atoms with van der Waals surface area (Å²) in [6, 6.07) is 17.0. The summed E-state index contributed by atoms with van der Waals surface area (Å²) in [6.45, 7) is 0. The van der Waals surface area contributed by atoms with E-state index in [2.05, 4.69) is 0 Å². The maximum atomic E-state index is 12.5. The van der Waals surface area contributed by atoms with E-state index in [1.54, 1.807) is 66.7 Å². The molecule has 150 valence electrons. The van der Waals surface area contributed by atoms with Crippen molar-refractivity contribution in [2.24, 2.45) is 0 Å². The van der Waals surface area contributed by atoms with Crippen molar-refractivity contribution in [1.82, 2.24) is 0 Å². The molecule has 0 saturated heterocycles. The van der Waals surface area contributed by atoms with Crippen LogP contribution in [0.5, 0.6) is 0 Å². The highest BCUT2D eigenvalue weighted by Crippen LogP contribution is 2.36. The van der Waals surface area contributed by atoms with Gasteiger partial charge in [-0.25, -0.2) is 0 Å². The molecular weight excluding hydrogens is 466 g/mol. The lowest BCUT2D eigenvalue weighted by atomic mass is 10.2. The Balaban J connectivity index is 1.53. The lowest BCUT2D eigenvalue weighted by Gasteiger charge is -2.02. The van der Waals surface area contributed by atoms with E-state index in [1.807, 2.05) is 0 Å². The number of carbonyl (C=O) groups excluding carboxylic acids is 1. The van der Waals surface area contributed by atoms with Crippen molar-refractivity contribution in [2.75, 3.05) is 0 Å². The zero-order valence-electron chi connectivity index (χ0n) is 15.2. The summed E-state index contributed by atoms with van der Waals surface area (Å²) in [7, 11) is 0. The van der Waals surface area contributed by atoms with Gasteiger partial charge in [-0.3, -0.25) is 4.79 Å². The fourth-order valence-corrected chi connectivity index (χ4v) is 3.94. The van der Waals surface area contributed by atoms with Gasteiger partial charge in [0.15, 0.2) is 5.76 Å². The highest BCUT2D eigenvalue weighted by Gasteiger charge is 2.14. The molecule has 0 bridgehead atoms. The molecule has 0 aliphatic carbocycles. The summed E-state index contributed by atoms with van der Waals surface area (Å²) in [4.78, 5) is 12.5. The van der Waals surface area contributed by atoms with Crippen molar-refractivity contribution in [3.63, 3.8) is 0 Å². The maximum Gasteiger partial charge on any atom is 0.221 e. The Morgan fingerprint density at radius 3 is 2.23 bits per heavy atom. The average molecular weight is 478 g/mol. The van der Waals surface area contributed by atoms with Crippen molar-refractivity contribution >= 4 is 58.3 Å². The van der Waals surface area contributed by atoms with E-state index in [9.17, 15) is 4.79 Å². The van der Waals surface area contributed by atoms with E-state index in [0.717, 1.165) is 0 Å². The van der Waals surface area contributed by atoms with Gasteiger partial charge in [0.05, 0.1) is 20.6 Å². The number of hydrogen-bond acceptors (Lipinski definition) is 3. The van der Waals surface area contributed by atoms with Crippen LogP contribution in [-0.2, 0) is 0 Å². The number of carbonyl (C=O) groups is 1. The SMILES string of the molecule is O=C(/C=C/c1ccc(-c2c(Cl)cccc2Cl)o1)c1ccc(-c2ccc(Cl)cc2Cl)o1. The predicted octanol–water partition coefficient (Wildman–Crippen LogP) is 8.72. The first-order valence-corrected chi connectivity index (χ1v) is 10.3. The number of benzene rings is 2. The van der Waals surface area contributed by atoms with Crippen molar-refractivity contribution in [2.45, 2.75) is 0 Å². The van der Waals surface area contributed by atoms with Crippen LogP contribution in [0.4, 0.5) is 0 Å². The number of furan rings is 2. The Hall–Kier alpha value is -2.43. The molecule has 30 heavy (non-hydrogen) atoms. The average Bonchev–Trinajstić information content (AvgIpc) is 3.36. The van der Waals surface area contributed by atoms with Crippen molar-refractivity contribution in [3.05, 3.63) is 98.4 Å². The fourth-order valence-electron chi connectivity index (χ4n) is 2.85. The lowest BCUT2D eigenvalue weighted by molar-refractivity contribution is 0.102. The smallest absolute Gasteiger partial charge is 0.221 e. The molecule has 7 heteroatoms. The molecule has 0 N–H and O–H groups in total. The van der Waals surface area contributed by atoms with Gasteiger partial charge in [0, 0.05) is 10.6 Å². The molecule has 0 radical (unpaired) electrons. The Morgan fingerprint density at radius 1 is 0.767 bits per heavy atom. The summed E-state index contributed by atoms with van der Waals surface area (Å²) in [5.74, 6) is 1.31. The van der Waals surface area contributed by atoms with Crippen LogP contribution in [0.25, 0.3) is 28.7 Å². The zero-order chi connectivity index (χ0) is 21.3. The Labute approximate surface area is 192 Å². The molecule has 3 nitrogen and oxygen atoms in total. The predicted molar refractivity (Wildman–Crippen MR) is 122 cm³/mol. The zero-order valence-corrected chi connectivity index (χ0v) is 18.2. The number of ketones is 1. The van der Waals surface area contributed by atoms with Gasteiger partial charge in [-0.05, 0) is 66.7 Å². The van der Waals surface area contributed by atoms with E-state index in [0.29, 0.717) is 48.5 Å². The third kappa shape index (κ3) is 4.35. The normalized spacial score (nSPS) is 11.3. The molecule has 2 aromatic carbocycles. The molecule has 0 aliphatic rings. The number of rotatable bonds is 5. The first-order chi connectivity index (χ1) is 14.4. The molecule has 2 aromatic heterocycles. The highest BCUT2D eigenvalue weighted by atomic mass is 35.5. The second-order valence-corrected chi connectivity index (χ2v) is 7.94. The van der Waals surface area contributed by atoms with Gasteiger partial charge in [0.2, 0.25) is 5.78 Å². The van der Waals surface area contributed by atoms with Crippen LogP contribution in [0.1, 0.15) is 16.3 Å². The summed E-state index contributed by atoms with van der Waals surface area (Å²) in [5.41, 5.74) is 1.25. The first kappa shape index (κ1) is 20.8. The van der Waals surface area contributed by atoms with E-state index < -0.39 is 0 Å². The fraction of sp³-hybridized carbons (Fsp3) is 0. The molecule has 0 saturated carbocycles. The van der Waals surface area contributed by atoms with Crippen LogP contribution >= 0.6 is 46.4 Å². The largest absolute Gasteiger partial charge is 0.457 e. The van der Waals surface area contributed by atoms with Gasteiger partial charge < -0.3 is 8.83 Å². The third-order valence-corrected chi connectivity index (χ3v) is 5.46. The summed E-state index contributed by atoms with van der Waals surface area (Å²) < 4.78 is 11.4. The first-order valence-electron chi connectivity index (χ1n) is 8.74. The van der Waals surface area contributed by atoms with Gasteiger partial charge in [-0.15, -0.1) is 0 Å². The maximum absolute atomic E-state index is 12.5. The number of allylic oxidation sites excluding steroid dienone is 1. The van der Waals surface area contributed by atoms with Crippen LogP contribution in [-0.4, -0.2) is 5.78 Å². The summed E-state index contributed by atoms with van der Waals surface area (Å²) >= 11 is 24.5. The summed E-state index contributed by atoms with van der Waals surface area (Å²) in [6.07, 6.45) is 2.91. The standard InChI is InChI=1S/C23H12Cl4O3/c24-13-4-7-15(18(27)12-13)20-10-11-21(30-20)19(28)8-5-14-6-9-22(29-14)23-16(25)2-1-3-17(23)26/h1-12H/b8-5+. The molecule has 0 atom stereocenters. The molecule has 0 amide bonds. The Morgan fingerprint density at radius 2 is 1.50 bits per heavy atom. The van der Waals surface area contributed by atoms with Gasteiger partial charge in [-0.1, -0.05) is 52.5 Å². The van der Waals surface area contributed by atoms with Crippen LogP contribution in [0.2, 0.25) is 20.1 Å². The minimum Gasteiger partial charge on any atom is -0.457 e. The second kappa shape index (κ2) is 8.75. The topological polar surface area (TPSA) is 43.4 Å². The lowest BCUT2D eigenvalue weighted by Crippen LogP contribution is -1.90. The van der Waals surface area contributed by atoms with Gasteiger partial charge in [0.25, 0.3) is 0 Å². The molecule has 0 fully saturated rings. The van der Waals surface area contributed by atoms with Crippen molar-refractivity contribution in [1.29, 1.82) is 0 Å². The third-order valence-electron chi connectivity index (χ3n) is 4.28. The highest BCUT2D eigenvalue weighted by molar-refractivity contribution is 6.39. The van der Waals surface area contributed by atoms with E-state index in [4.69, 9.17) is 55.2 Å².